The lowest BCUT2D eigenvalue weighted by atomic mass is 10.0. The Balaban J connectivity index is 1.88. The maximum absolute atomic E-state index is 12.2. The zero-order valence-corrected chi connectivity index (χ0v) is 11.3. The van der Waals surface area contributed by atoms with Crippen LogP contribution in [0.15, 0.2) is 0 Å². The van der Waals surface area contributed by atoms with Gasteiger partial charge in [0.15, 0.2) is 0 Å². The van der Waals surface area contributed by atoms with Crippen LogP contribution < -0.4 is 11.1 Å². The first-order valence-electron chi connectivity index (χ1n) is 6.65. The summed E-state index contributed by atoms with van der Waals surface area (Å²) in [5.41, 5.74) is 5.17. The van der Waals surface area contributed by atoms with E-state index in [2.05, 4.69) is 12.2 Å². The molecule has 2 unspecified atom stereocenters. The van der Waals surface area contributed by atoms with Crippen molar-refractivity contribution >= 4 is 23.1 Å². The molecule has 0 aromatic carbocycles. The molecule has 2 atom stereocenters. The van der Waals surface area contributed by atoms with Gasteiger partial charge in [0.05, 0.1) is 10.4 Å². The summed E-state index contributed by atoms with van der Waals surface area (Å²) >= 11 is 5.00. The summed E-state index contributed by atoms with van der Waals surface area (Å²) in [5, 5.41) is 3.16. The molecular weight excluding hydrogens is 232 g/mol. The minimum atomic E-state index is -0.493. The summed E-state index contributed by atoms with van der Waals surface area (Å²) in [6, 6.07) is 0.333. The van der Waals surface area contributed by atoms with Crippen LogP contribution in [0, 0.1) is 11.3 Å². The SMILES string of the molecule is CC1CCCC(NC(=O)C2(C(N)=S)CC2)CC1. The zero-order chi connectivity index (χ0) is 12.5. The monoisotopic (exact) mass is 254 g/mol. The molecule has 3 N–H and O–H groups in total. The Morgan fingerprint density at radius 1 is 1.29 bits per heavy atom. The predicted octanol–water partition coefficient (Wildman–Crippen LogP) is 2.14. The molecule has 0 aliphatic heterocycles. The maximum Gasteiger partial charge on any atom is 0.233 e. The molecular formula is C13H22N2OS. The first-order valence-corrected chi connectivity index (χ1v) is 7.06. The van der Waals surface area contributed by atoms with E-state index in [1.165, 1.54) is 19.3 Å². The molecule has 17 heavy (non-hydrogen) atoms. The number of hydrogen-bond donors (Lipinski definition) is 2. The van der Waals surface area contributed by atoms with Gasteiger partial charge in [0.2, 0.25) is 5.91 Å². The van der Waals surface area contributed by atoms with Gasteiger partial charge in [-0.3, -0.25) is 4.79 Å². The van der Waals surface area contributed by atoms with Gasteiger partial charge >= 0.3 is 0 Å². The molecule has 0 radical (unpaired) electrons. The lowest BCUT2D eigenvalue weighted by molar-refractivity contribution is -0.124. The number of nitrogens with one attached hydrogen (secondary N) is 1. The van der Waals surface area contributed by atoms with Gasteiger partial charge in [0.1, 0.15) is 0 Å². The number of hydrogen-bond acceptors (Lipinski definition) is 2. The highest BCUT2D eigenvalue weighted by Crippen LogP contribution is 2.46. The van der Waals surface area contributed by atoms with Gasteiger partial charge in [-0.2, -0.15) is 0 Å². The fourth-order valence-corrected chi connectivity index (χ4v) is 2.96. The fourth-order valence-electron chi connectivity index (χ4n) is 2.67. The minimum absolute atomic E-state index is 0.0737. The summed E-state index contributed by atoms with van der Waals surface area (Å²) in [6.45, 7) is 2.29. The molecule has 4 heteroatoms. The van der Waals surface area contributed by atoms with Crippen LogP contribution >= 0.6 is 12.2 Å². The summed E-state index contributed by atoms with van der Waals surface area (Å²) in [5.74, 6) is 0.868. The third-order valence-corrected chi connectivity index (χ3v) is 4.64. The van der Waals surface area contributed by atoms with Crippen LogP contribution in [0.1, 0.15) is 51.9 Å². The van der Waals surface area contributed by atoms with Crippen molar-refractivity contribution in [3.05, 3.63) is 0 Å². The predicted molar refractivity (Wildman–Crippen MR) is 72.6 cm³/mol. The minimum Gasteiger partial charge on any atom is -0.392 e. The van der Waals surface area contributed by atoms with Crippen LogP contribution in [-0.2, 0) is 4.79 Å². The Labute approximate surface area is 109 Å². The van der Waals surface area contributed by atoms with Crippen LogP contribution in [0.4, 0.5) is 0 Å². The molecule has 0 aromatic rings. The van der Waals surface area contributed by atoms with Crippen molar-refractivity contribution in [1.29, 1.82) is 0 Å². The summed E-state index contributed by atoms with van der Waals surface area (Å²) in [4.78, 5) is 12.5. The lowest BCUT2D eigenvalue weighted by Gasteiger charge is -2.20. The smallest absolute Gasteiger partial charge is 0.233 e. The largest absolute Gasteiger partial charge is 0.392 e. The fraction of sp³-hybridized carbons (Fsp3) is 0.846. The van der Waals surface area contributed by atoms with E-state index in [1.807, 2.05) is 0 Å². The highest BCUT2D eigenvalue weighted by Gasteiger charge is 2.53. The van der Waals surface area contributed by atoms with E-state index in [0.29, 0.717) is 11.0 Å². The summed E-state index contributed by atoms with van der Waals surface area (Å²) in [7, 11) is 0. The summed E-state index contributed by atoms with van der Waals surface area (Å²) < 4.78 is 0. The van der Waals surface area contributed by atoms with Gasteiger partial charge in [-0.15, -0.1) is 0 Å². The first kappa shape index (κ1) is 12.8. The van der Waals surface area contributed by atoms with Crippen molar-refractivity contribution < 1.29 is 4.79 Å². The summed E-state index contributed by atoms with van der Waals surface area (Å²) in [6.07, 6.45) is 7.57. The second-order valence-corrected chi connectivity index (χ2v) is 6.17. The topological polar surface area (TPSA) is 55.1 Å². The second kappa shape index (κ2) is 4.92. The van der Waals surface area contributed by atoms with Crippen LogP contribution in [0.3, 0.4) is 0 Å². The third-order valence-electron chi connectivity index (χ3n) is 4.25. The number of amides is 1. The van der Waals surface area contributed by atoms with E-state index >= 15 is 0 Å². The van der Waals surface area contributed by atoms with Gasteiger partial charge in [0.25, 0.3) is 0 Å². The highest BCUT2D eigenvalue weighted by atomic mass is 32.1. The molecule has 2 rings (SSSR count). The van der Waals surface area contributed by atoms with Crippen molar-refractivity contribution in [2.24, 2.45) is 17.1 Å². The van der Waals surface area contributed by atoms with E-state index in [-0.39, 0.29) is 5.91 Å². The number of rotatable bonds is 3. The molecule has 0 aromatic heterocycles. The Morgan fingerprint density at radius 3 is 2.59 bits per heavy atom. The Hall–Kier alpha value is -0.640. The molecule has 2 saturated carbocycles. The number of nitrogens with two attached hydrogens (primary N) is 1. The first-order chi connectivity index (χ1) is 8.04. The van der Waals surface area contributed by atoms with Crippen LogP contribution in [0.5, 0.6) is 0 Å². The molecule has 96 valence electrons. The van der Waals surface area contributed by atoms with E-state index in [0.717, 1.165) is 31.6 Å². The van der Waals surface area contributed by atoms with Crippen LogP contribution in [0.25, 0.3) is 0 Å². The van der Waals surface area contributed by atoms with Gasteiger partial charge in [-0.25, -0.2) is 0 Å². The quantitative estimate of drug-likeness (QED) is 0.599. The highest BCUT2D eigenvalue weighted by molar-refractivity contribution is 7.80. The maximum atomic E-state index is 12.2. The number of carbonyl (C=O) groups excluding carboxylic acids is 1. The standard InChI is InChI=1S/C13H22N2OS/c1-9-3-2-4-10(6-5-9)15-12(16)13(7-8-13)11(14)17/h9-10H,2-8H2,1H3,(H2,14,17)(H,15,16). The van der Waals surface area contributed by atoms with Crippen LogP contribution in [-0.4, -0.2) is 16.9 Å². The molecule has 0 bridgehead atoms. The average molecular weight is 254 g/mol. The van der Waals surface area contributed by atoms with E-state index in [4.69, 9.17) is 18.0 Å². The van der Waals surface area contributed by atoms with Gasteiger partial charge in [0, 0.05) is 6.04 Å². The van der Waals surface area contributed by atoms with Gasteiger partial charge in [-0.1, -0.05) is 32.0 Å². The number of carbonyl (C=O) groups is 1. The van der Waals surface area contributed by atoms with Crippen molar-refractivity contribution in [2.75, 3.05) is 0 Å². The third kappa shape index (κ3) is 2.79. The van der Waals surface area contributed by atoms with E-state index < -0.39 is 5.41 Å². The van der Waals surface area contributed by atoms with Crippen molar-refractivity contribution in [3.63, 3.8) is 0 Å². The number of thiocarbonyl (C=S) groups is 1. The van der Waals surface area contributed by atoms with E-state index in [1.54, 1.807) is 0 Å². The molecule has 3 nitrogen and oxygen atoms in total. The van der Waals surface area contributed by atoms with Crippen molar-refractivity contribution in [1.82, 2.24) is 5.32 Å². The van der Waals surface area contributed by atoms with Crippen LogP contribution in [0.2, 0.25) is 0 Å². The Morgan fingerprint density at radius 2 is 2.00 bits per heavy atom. The Bertz CT molecular complexity index is 325. The molecule has 0 saturated heterocycles. The molecule has 0 heterocycles. The van der Waals surface area contributed by atoms with Gasteiger partial charge in [-0.05, 0) is 38.0 Å². The van der Waals surface area contributed by atoms with E-state index in [9.17, 15) is 4.79 Å². The zero-order valence-electron chi connectivity index (χ0n) is 10.5. The van der Waals surface area contributed by atoms with Crippen molar-refractivity contribution in [2.45, 2.75) is 57.9 Å². The van der Waals surface area contributed by atoms with Crippen molar-refractivity contribution in [3.8, 4) is 0 Å². The molecule has 1 amide bonds. The average Bonchev–Trinajstić information content (AvgIpc) is 3.05. The molecule has 2 fully saturated rings. The Kier molecular flexibility index (Phi) is 3.71. The molecule has 2 aliphatic carbocycles. The normalized spacial score (nSPS) is 31.4. The molecule has 0 spiro atoms. The second-order valence-electron chi connectivity index (χ2n) is 5.73. The van der Waals surface area contributed by atoms with Gasteiger partial charge < -0.3 is 11.1 Å². The lowest BCUT2D eigenvalue weighted by Crippen LogP contribution is -2.44. The molecule has 2 aliphatic rings.